The molecule has 2 saturated carbocycles. The average Bonchev–Trinajstić information content (AvgIpc) is 3.06. The van der Waals surface area contributed by atoms with Gasteiger partial charge in [-0.3, -0.25) is 0 Å². The summed E-state index contributed by atoms with van der Waals surface area (Å²) in [6.07, 6.45) is 7.05. The van der Waals surface area contributed by atoms with Gasteiger partial charge in [-0.15, -0.1) is 0 Å². The van der Waals surface area contributed by atoms with Crippen LogP contribution in [0.15, 0.2) is 0 Å². The molecule has 0 bridgehead atoms. The second kappa shape index (κ2) is 6.09. The lowest BCUT2D eigenvalue weighted by Gasteiger charge is -2.23. The maximum atomic E-state index is 11.7. The highest BCUT2D eigenvalue weighted by Crippen LogP contribution is 2.48. The van der Waals surface area contributed by atoms with Gasteiger partial charge in [0.15, 0.2) is 0 Å². The van der Waals surface area contributed by atoms with Gasteiger partial charge >= 0.3 is 6.03 Å². The largest absolute Gasteiger partial charge is 0.388 e. The van der Waals surface area contributed by atoms with E-state index in [1.807, 2.05) is 0 Å². The summed E-state index contributed by atoms with van der Waals surface area (Å²) in [5, 5.41) is 15.8. The third-order valence-electron chi connectivity index (χ3n) is 4.53. The fourth-order valence-corrected chi connectivity index (χ4v) is 2.80. The predicted octanol–water partition coefficient (Wildman–Crippen LogP) is 1.41. The van der Waals surface area contributed by atoms with Crippen LogP contribution in [-0.4, -0.2) is 43.5 Å². The van der Waals surface area contributed by atoms with Crippen LogP contribution in [0.4, 0.5) is 4.79 Å². The third-order valence-corrected chi connectivity index (χ3v) is 4.53. The topological polar surface area (TPSA) is 70.6 Å². The molecule has 5 heteroatoms. The van der Waals surface area contributed by atoms with Crippen molar-refractivity contribution in [3.63, 3.8) is 0 Å². The van der Waals surface area contributed by atoms with E-state index in [1.165, 1.54) is 12.8 Å². The molecule has 0 spiro atoms. The fraction of sp³-hybridized carbons (Fsp3) is 0.929. The van der Waals surface area contributed by atoms with Crippen molar-refractivity contribution in [2.24, 2.45) is 5.41 Å². The van der Waals surface area contributed by atoms with Crippen LogP contribution in [0.3, 0.4) is 0 Å². The summed E-state index contributed by atoms with van der Waals surface area (Å²) in [7, 11) is 1.71. The minimum Gasteiger partial charge on any atom is -0.388 e. The van der Waals surface area contributed by atoms with E-state index in [2.05, 4.69) is 10.6 Å². The summed E-state index contributed by atoms with van der Waals surface area (Å²) in [4.78, 5) is 11.7. The summed E-state index contributed by atoms with van der Waals surface area (Å²) in [5.74, 6) is 0. The summed E-state index contributed by atoms with van der Waals surface area (Å²) in [6.45, 7) is 1.83. The minimum atomic E-state index is -0.676. The number of hydrogen-bond donors (Lipinski definition) is 3. The van der Waals surface area contributed by atoms with Gasteiger partial charge < -0.3 is 20.5 Å². The highest BCUT2D eigenvalue weighted by Gasteiger charge is 2.42. The summed E-state index contributed by atoms with van der Waals surface area (Å²) in [6, 6.07) is -0.163. The summed E-state index contributed by atoms with van der Waals surface area (Å²) in [5.41, 5.74) is -0.414. The standard InChI is InChI=1S/C14H26N2O3/c1-19-9-8-13(6-7-13)10-15-12(17)16-11-14(18)4-2-3-5-14/h18H,2-11H2,1H3,(H2,15,16,17). The first-order chi connectivity index (χ1) is 9.08. The van der Waals surface area contributed by atoms with Crippen LogP contribution < -0.4 is 10.6 Å². The molecular weight excluding hydrogens is 244 g/mol. The zero-order valence-electron chi connectivity index (χ0n) is 11.8. The van der Waals surface area contributed by atoms with Crippen molar-refractivity contribution in [3.8, 4) is 0 Å². The molecule has 0 aliphatic heterocycles. The van der Waals surface area contributed by atoms with Crippen molar-refractivity contribution >= 4 is 6.03 Å². The predicted molar refractivity (Wildman–Crippen MR) is 73.0 cm³/mol. The number of hydrogen-bond acceptors (Lipinski definition) is 3. The Morgan fingerprint density at radius 1 is 1.16 bits per heavy atom. The van der Waals surface area contributed by atoms with Crippen LogP contribution >= 0.6 is 0 Å². The molecule has 0 atom stereocenters. The monoisotopic (exact) mass is 270 g/mol. The Morgan fingerprint density at radius 3 is 2.37 bits per heavy atom. The van der Waals surface area contributed by atoms with E-state index in [0.29, 0.717) is 13.1 Å². The number of nitrogens with one attached hydrogen (secondary N) is 2. The Bertz CT molecular complexity index is 310. The molecule has 0 saturated heterocycles. The highest BCUT2D eigenvalue weighted by molar-refractivity contribution is 5.74. The lowest BCUT2D eigenvalue weighted by atomic mass is 10.0. The number of methoxy groups -OCH3 is 1. The molecule has 19 heavy (non-hydrogen) atoms. The number of carbonyl (C=O) groups is 1. The van der Waals surface area contributed by atoms with E-state index in [-0.39, 0.29) is 11.4 Å². The van der Waals surface area contributed by atoms with Gasteiger partial charge in [0.1, 0.15) is 0 Å². The van der Waals surface area contributed by atoms with E-state index >= 15 is 0 Å². The molecule has 0 heterocycles. The average molecular weight is 270 g/mol. The van der Waals surface area contributed by atoms with Crippen molar-refractivity contribution in [3.05, 3.63) is 0 Å². The number of aliphatic hydroxyl groups is 1. The molecule has 2 rings (SSSR count). The van der Waals surface area contributed by atoms with Gasteiger partial charge in [-0.1, -0.05) is 12.8 Å². The molecular formula is C14H26N2O3. The lowest BCUT2D eigenvalue weighted by molar-refractivity contribution is 0.0500. The maximum Gasteiger partial charge on any atom is 0.314 e. The molecule has 2 aliphatic rings. The van der Waals surface area contributed by atoms with E-state index in [9.17, 15) is 9.90 Å². The first kappa shape index (κ1) is 14.6. The molecule has 3 N–H and O–H groups in total. The van der Waals surface area contributed by atoms with E-state index < -0.39 is 5.60 Å². The second-order valence-corrected chi connectivity index (χ2v) is 6.21. The van der Waals surface area contributed by atoms with E-state index in [0.717, 1.165) is 38.7 Å². The SMILES string of the molecule is COCCC1(CNC(=O)NCC2(O)CCCC2)CC1. The molecule has 0 aromatic rings. The number of urea groups is 1. The normalized spacial score (nSPS) is 23.1. The van der Waals surface area contributed by atoms with E-state index in [1.54, 1.807) is 7.11 Å². The Morgan fingerprint density at radius 2 is 1.79 bits per heavy atom. The Hall–Kier alpha value is -0.810. The number of rotatable bonds is 7. The van der Waals surface area contributed by atoms with Crippen molar-refractivity contribution in [2.45, 2.75) is 50.5 Å². The van der Waals surface area contributed by atoms with Crippen LogP contribution in [0.2, 0.25) is 0 Å². The molecule has 5 nitrogen and oxygen atoms in total. The quantitative estimate of drug-likeness (QED) is 0.655. The zero-order valence-corrected chi connectivity index (χ0v) is 11.8. The van der Waals surface area contributed by atoms with Crippen molar-refractivity contribution in [2.75, 3.05) is 26.8 Å². The lowest BCUT2D eigenvalue weighted by Crippen LogP contribution is -2.46. The molecule has 2 fully saturated rings. The van der Waals surface area contributed by atoms with E-state index in [4.69, 9.17) is 4.74 Å². The van der Waals surface area contributed by atoms with Crippen LogP contribution in [0.25, 0.3) is 0 Å². The number of ether oxygens (including phenoxy) is 1. The highest BCUT2D eigenvalue weighted by atomic mass is 16.5. The Kier molecular flexibility index (Phi) is 4.68. The van der Waals surface area contributed by atoms with Crippen LogP contribution in [0, 0.1) is 5.41 Å². The second-order valence-electron chi connectivity index (χ2n) is 6.21. The fourth-order valence-electron chi connectivity index (χ4n) is 2.80. The smallest absolute Gasteiger partial charge is 0.314 e. The summed E-state index contributed by atoms with van der Waals surface area (Å²) >= 11 is 0. The molecule has 2 amide bonds. The molecule has 0 radical (unpaired) electrons. The Balaban J connectivity index is 1.62. The third kappa shape index (κ3) is 4.35. The van der Waals surface area contributed by atoms with Crippen molar-refractivity contribution in [1.82, 2.24) is 10.6 Å². The minimum absolute atomic E-state index is 0.163. The van der Waals surface area contributed by atoms with Gasteiger partial charge in [0.25, 0.3) is 0 Å². The number of carbonyl (C=O) groups excluding carboxylic acids is 1. The van der Waals surface area contributed by atoms with Crippen LogP contribution in [0.5, 0.6) is 0 Å². The zero-order chi connectivity index (χ0) is 13.8. The first-order valence-electron chi connectivity index (χ1n) is 7.31. The maximum absolute atomic E-state index is 11.7. The van der Waals surface area contributed by atoms with Crippen molar-refractivity contribution < 1.29 is 14.6 Å². The number of amides is 2. The first-order valence-corrected chi connectivity index (χ1v) is 7.31. The van der Waals surface area contributed by atoms with Crippen molar-refractivity contribution in [1.29, 1.82) is 0 Å². The van der Waals surface area contributed by atoms with Gasteiger partial charge in [0.05, 0.1) is 5.60 Å². The molecule has 0 aromatic carbocycles. The van der Waals surface area contributed by atoms with Gasteiger partial charge in [-0.05, 0) is 37.5 Å². The van der Waals surface area contributed by atoms with Gasteiger partial charge in [0.2, 0.25) is 0 Å². The van der Waals surface area contributed by atoms with Crippen LogP contribution in [0.1, 0.15) is 44.9 Å². The molecule has 110 valence electrons. The van der Waals surface area contributed by atoms with Gasteiger partial charge in [0, 0.05) is 26.8 Å². The van der Waals surface area contributed by atoms with Crippen LogP contribution in [-0.2, 0) is 4.74 Å². The Labute approximate surface area is 115 Å². The van der Waals surface area contributed by atoms with Gasteiger partial charge in [-0.25, -0.2) is 4.79 Å². The molecule has 0 unspecified atom stereocenters. The molecule has 0 aromatic heterocycles. The molecule has 2 aliphatic carbocycles. The summed E-state index contributed by atoms with van der Waals surface area (Å²) < 4.78 is 5.09. The van der Waals surface area contributed by atoms with Gasteiger partial charge in [-0.2, -0.15) is 0 Å².